The Kier molecular flexibility index (Phi) is 3.91. The molecule has 110 valence electrons. The van der Waals surface area contributed by atoms with Crippen LogP contribution in [-0.2, 0) is 6.18 Å². The highest BCUT2D eigenvalue weighted by molar-refractivity contribution is 6.32. The van der Waals surface area contributed by atoms with Crippen LogP contribution in [0.25, 0.3) is 0 Å². The molecule has 0 radical (unpaired) electrons. The fraction of sp³-hybridized carbons (Fsp3) is 0.429. The van der Waals surface area contributed by atoms with E-state index in [0.717, 1.165) is 11.8 Å². The van der Waals surface area contributed by atoms with Crippen molar-refractivity contribution in [2.24, 2.45) is 0 Å². The van der Waals surface area contributed by atoms with E-state index in [0.29, 0.717) is 18.8 Å². The molecule has 1 atom stereocenters. The van der Waals surface area contributed by atoms with E-state index in [1.54, 1.807) is 6.08 Å². The van der Waals surface area contributed by atoms with Crippen molar-refractivity contribution < 1.29 is 13.2 Å². The first-order valence-electron chi connectivity index (χ1n) is 6.36. The molecule has 0 N–H and O–H groups in total. The maximum atomic E-state index is 13.0. The highest BCUT2D eigenvalue weighted by Gasteiger charge is 2.38. The van der Waals surface area contributed by atoms with Crippen molar-refractivity contribution in [2.45, 2.75) is 26.2 Å². The van der Waals surface area contributed by atoms with Gasteiger partial charge in [0.15, 0.2) is 0 Å². The Balaban J connectivity index is 2.59. The summed E-state index contributed by atoms with van der Waals surface area (Å²) in [5.41, 5.74) is 0.493. The molecule has 1 aliphatic rings. The molecule has 1 aromatic rings. The van der Waals surface area contributed by atoms with Crippen molar-refractivity contribution in [3.63, 3.8) is 0 Å². The standard InChI is InChI=1S/C14H16ClF3N2/c1-4-6-20-9(3)19(5-2)13-8-11(15)10(7-12(13)20)14(16,17)18/h4,7-9H,1,5-6H2,2-3H3. The first-order valence-corrected chi connectivity index (χ1v) is 6.74. The molecule has 2 rings (SSSR count). The van der Waals surface area contributed by atoms with Crippen LogP contribution in [0.4, 0.5) is 24.5 Å². The molecule has 0 amide bonds. The van der Waals surface area contributed by atoms with E-state index in [-0.39, 0.29) is 11.2 Å². The summed E-state index contributed by atoms with van der Waals surface area (Å²) < 4.78 is 38.9. The first kappa shape index (κ1) is 15.0. The summed E-state index contributed by atoms with van der Waals surface area (Å²) in [5.74, 6) is 0. The van der Waals surface area contributed by atoms with Crippen molar-refractivity contribution >= 4 is 23.0 Å². The van der Waals surface area contributed by atoms with Gasteiger partial charge in [-0.05, 0) is 26.0 Å². The lowest BCUT2D eigenvalue weighted by Gasteiger charge is -2.28. The molecule has 1 aromatic carbocycles. The number of fused-ring (bicyclic) bond motifs is 1. The van der Waals surface area contributed by atoms with Crippen molar-refractivity contribution in [3.05, 3.63) is 35.4 Å². The average molecular weight is 305 g/mol. The Labute approximate surface area is 121 Å². The Morgan fingerprint density at radius 1 is 1.30 bits per heavy atom. The third kappa shape index (κ3) is 2.35. The predicted octanol–water partition coefficient (Wildman–Crippen LogP) is 4.54. The second-order valence-corrected chi connectivity index (χ2v) is 5.08. The highest BCUT2D eigenvalue weighted by atomic mass is 35.5. The molecule has 0 spiro atoms. The van der Waals surface area contributed by atoms with E-state index in [4.69, 9.17) is 11.6 Å². The van der Waals surface area contributed by atoms with Gasteiger partial charge < -0.3 is 9.80 Å². The van der Waals surface area contributed by atoms with E-state index < -0.39 is 11.7 Å². The molecule has 0 bridgehead atoms. The molecule has 0 saturated carbocycles. The molecule has 0 aromatic heterocycles. The van der Waals surface area contributed by atoms with E-state index in [1.807, 2.05) is 23.6 Å². The SMILES string of the molecule is C=CCN1c2cc(C(F)(F)F)c(Cl)cc2N(CC)C1C. The third-order valence-corrected chi connectivity index (χ3v) is 3.87. The van der Waals surface area contributed by atoms with Gasteiger partial charge >= 0.3 is 6.18 Å². The van der Waals surface area contributed by atoms with Gasteiger partial charge in [0.2, 0.25) is 0 Å². The summed E-state index contributed by atoms with van der Waals surface area (Å²) >= 11 is 5.80. The van der Waals surface area contributed by atoms with Crippen LogP contribution in [-0.4, -0.2) is 19.3 Å². The van der Waals surface area contributed by atoms with Crippen molar-refractivity contribution in [1.82, 2.24) is 0 Å². The zero-order valence-electron chi connectivity index (χ0n) is 11.3. The number of hydrogen-bond acceptors (Lipinski definition) is 2. The van der Waals surface area contributed by atoms with E-state index in [1.165, 1.54) is 6.07 Å². The number of anilines is 2. The van der Waals surface area contributed by atoms with Gasteiger partial charge in [0.1, 0.15) is 0 Å². The topological polar surface area (TPSA) is 6.48 Å². The lowest BCUT2D eigenvalue weighted by Crippen LogP contribution is -2.40. The summed E-state index contributed by atoms with van der Waals surface area (Å²) in [4.78, 5) is 3.91. The number of halogens is 4. The third-order valence-electron chi connectivity index (χ3n) is 3.56. The Morgan fingerprint density at radius 2 is 1.90 bits per heavy atom. The number of alkyl halides is 3. The molecule has 0 aliphatic carbocycles. The van der Waals surface area contributed by atoms with Crippen LogP contribution in [0.2, 0.25) is 5.02 Å². The van der Waals surface area contributed by atoms with Crippen LogP contribution in [0.1, 0.15) is 19.4 Å². The number of benzene rings is 1. The molecule has 20 heavy (non-hydrogen) atoms. The summed E-state index contributed by atoms with van der Waals surface area (Å²) in [6.45, 7) is 8.76. The van der Waals surface area contributed by atoms with Crippen LogP contribution in [0, 0.1) is 0 Å². The van der Waals surface area contributed by atoms with Crippen molar-refractivity contribution in [1.29, 1.82) is 0 Å². The Bertz CT molecular complexity index is 528. The second-order valence-electron chi connectivity index (χ2n) is 4.68. The molecule has 1 unspecified atom stereocenters. The Morgan fingerprint density at radius 3 is 2.40 bits per heavy atom. The van der Waals surface area contributed by atoms with E-state index in [9.17, 15) is 13.2 Å². The lowest BCUT2D eigenvalue weighted by atomic mass is 10.1. The lowest BCUT2D eigenvalue weighted by molar-refractivity contribution is -0.137. The zero-order chi connectivity index (χ0) is 15.1. The molecular weight excluding hydrogens is 289 g/mol. The zero-order valence-corrected chi connectivity index (χ0v) is 12.1. The largest absolute Gasteiger partial charge is 0.417 e. The summed E-state index contributed by atoms with van der Waals surface area (Å²) in [6.07, 6.45) is -2.79. The number of hydrogen-bond donors (Lipinski definition) is 0. The second kappa shape index (κ2) is 5.20. The van der Waals surface area contributed by atoms with E-state index >= 15 is 0 Å². The number of rotatable bonds is 3. The van der Waals surface area contributed by atoms with Gasteiger partial charge in [-0.2, -0.15) is 13.2 Å². The molecule has 0 fully saturated rings. The fourth-order valence-corrected chi connectivity index (χ4v) is 2.89. The van der Waals surface area contributed by atoms with Crippen LogP contribution < -0.4 is 9.80 Å². The van der Waals surface area contributed by atoms with Crippen LogP contribution in [0.15, 0.2) is 24.8 Å². The minimum atomic E-state index is -4.45. The van der Waals surface area contributed by atoms with Crippen LogP contribution in [0.5, 0.6) is 0 Å². The van der Waals surface area contributed by atoms with Gasteiger partial charge in [0, 0.05) is 13.1 Å². The molecular formula is C14H16ClF3N2. The normalized spacial score (nSPS) is 18.4. The monoisotopic (exact) mass is 304 g/mol. The molecule has 0 saturated heterocycles. The molecule has 1 aliphatic heterocycles. The first-order chi connectivity index (χ1) is 9.31. The summed E-state index contributed by atoms with van der Waals surface area (Å²) in [6, 6.07) is 2.54. The van der Waals surface area contributed by atoms with E-state index in [2.05, 4.69) is 6.58 Å². The van der Waals surface area contributed by atoms with Gasteiger partial charge in [-0.1, -0.05) is 17.7 Å². The van der Waals surface area contributed by atoms with Gasteiger partial charge in [0.25, 0.3) is 0 Å². The minimum Gasteiger partial charge on any atom is -0.350 e. The highest BCUT2D eigenvalue weighted by Crippen LogP contribution is 2.46. The average Bonchev–Trinajstić information content (AvgIpc) is 2.60. The summed E-state index contributed by atoms with van der Waals surface area (Å²) in [7, 11) is 0. The number of nitrogens with zero attached hydrogens (tertiary/aromatic N) is 2. The predicted molar refractivity (Wildman–Crippen MR) is 76.5 cm³/mol. The van der Waals surface area contributed by atoms with Crippen molar-refractivity contribution in [2.75, 3.05) is 22.9 Å². The van der Waals surface area contributed by atoms with Crippen LogP contribution >= 0.6 is 11.6 Å². The van der Waals surface area contributed by atoms with Gasteiger partial charge in [0.05, 0.1) is 28.1 Å². The van der Waals surface area contributed by atoms with Gasteiger partial charge in [-0.3, -0.25) is 0 Å². The minimum absolute atomic E-state index is 0.0208. The smallest absolute Gasteiger partial charge is 0.350 e. The Hall–Kier alpha value is -1.36. The molecule has 2 nitrogen and oxygen atoms in total. The maximum Gasteiger partial charge on any atom is 0.417 e. The summed E-state index contributed by atoms with van der Waals surface area (Å²) in [5, 5.41) is -0.262. The van der Waals surface area contributed by atoms with Gasteiger partial charge in [-0.25, -0.2) is 0 Å². The quantitative estimate of drug-likeness (QED) is 0.757. The van der Waals surface area contributed by atoms with Crippen molar-refractivity contribution in [3.8, 4) is 0 Å². The molecule has 1 heterocycles. The van der Waals surface area contributed by atoms with Crippen LogP contribution in [0.3, 0.4) is 0 Å². The molecule has 6 heteroatoms. The van der Waals surface area contributed by atoms with Gasteiger partial charge in [-0.15, -0.1) is 6.58 Å². The maximum absolute atomic E-state index is 13.0. The fourth-order valence-electron chi connectivity index (χ4n) is 2.62.